The lowest BCUT2D eigenvalue weighted by atomic mass is 10.1. The predicted molar refractivity (Wildman–Crippen MR) is 112 cm³/mol. The normalized spacial score (nSPS) is 13.0. The number of carbonyl (C=O) groups excluding carboxylic acids is 3. The molecular formula is C22H19N3O3S. The third-order valence-corrected chi connectivity index (χ3v) is 5.69. The van der Waals surface area contributed by atoms with Crippen LogP contribution in [-0.4, -0.2) is 34.2 Å². The number of aromatic nitrogens is 1. The molecule has 6 nitrogen and oxygen atoms in total. The molecule has 0 atom stereocenters. The highest BCUT2D eigenvalue weighted by atomic mass is 32.1. The quantitative estimate of drug-likeness (QED) is 0.650. The van der Waals surface area contributed by atoms with Gasteiger partial charge in [0.15, 0.2) is 5.13 Å². The van der Waals surface area contributed by atoms with Crippen LogP contribution in [-0.2, 0) is 4.79 Å². The number of benzene rings is 2. The number of nitrogens with zero attached hydrogens (tertiary/aromatic N) is 2. The number of nitrogens with one attached hydrogen (secondary N) is 1. The van der Waals surface area contributed by atoms with Crippen LogP contribution in [0.4, 0.5) is 5.13 Å². The van der Waals surface area contributed by atoms with Gasteiger partial charge in [-0.3, -0.25) is 19.3 Å². The van der Waals surface area contributed by atoms with Gasteiger partial charge in [0.2, 0.25) is 5.91 Å². The molecule has 0 aliphatic carbocycles. The summed E-state index contributed by atoms with van der Waals surface area (Å²) < 4.78 is 0. The van der Waals surface area contributed by atoms with E-state index >= 15 is 0 Å². The molecule has 3 aromatic rings. The first-order chi connectivity index (χ1) is 13.9. The topological polar surface area (TPSA) is 79.4 Å². The van der Waals surface area contributed by atoms with Gasteiger partial charge in [-0.25, -0.2) is 4.98 Å². The Morgan fingerprint density at radius 1 is 1.00 bits per heavy atom. The van der Waals surface area contributed by atoms with E-state index in [0.717, 1.165) is 21.0 Å². The summed E-state index contributed by atoms with van der Waals surface area (Å²) in [5.74, 6) is -0.999. The van der Waals surface area contributed by atoms with Gasteiger partial charge < -0.3 is 5.32 Å². The van der Waals surface area contributed by atoms with E-state index in [0.29, 0.717) is 16.3 Å². The Morgan fingerprint density at radius 2 is 1.62 bits per heavy atom. The minimum Gasteiger partial charge on any atom is -0.302 e. The van der Waals surface area contributed by atoms with Crippen LogP contribution < -0.4 is 5.32 Å². The SMILES string of the molecule is Cc1ccc(-c2nc(NC(=O)CCN3C(=O)c4ccccc4C3=O)sc2C)cc1. The van der Waals surface area contributed by atoms with E-state index in [-0.39, 0.29) is 30.7 Å². The van der Waals surface area contributed by atoms with Gasteiger partial charge in [0, 0.05) is 23.4 Å². The zero-order valence-electron chi connectivity index (χ0n) is 16.1. The molecule has 1 N–H and O–H groups in total. The zero-order chi connectivity index (χ0) is 20.5. The highest BCUT2D eigenvalue weighted by molar-refractivity contribution is 7.16. The molecule has 4 rings (SSSR count). The third-order valence-electron chi connectivity index (χ3n) is 4.81. The molecular weight excluding hydrogens is 386 g/mol. The Bertz CT molecular complexity index is 1080. The van der Waals surface area contributed by atoms with Crippen LogP contribution in [0.15, 0.2) is 48.5 Å². The van der Waals surface area contributed by atoms with Gasteiger partial charge in [0.05, 0.1) is 16.8 Å². The van der Waals surface area contributed by atoms with E-state index in [1.807, 2.05) is 38.1 Å². The van der Waals surface area contributed by atoms with Gasteiger partial charge >= 0.3 is 0 Å². The van der Waals surface area contributed by atoms with E-state index in [1.165, 1.54) is 16.9 Å². The summed E-state index contributed by atoms with van der Waals surface area (Å²) in [5.41, 5.74) is 3.78. The number of carbonyl (C=O) groups is 3. The number of imide groups is 1. The van der Waals surface area contributed by atoms with Crippen molar-refractivity contribution in [3.8, 4) is 11.3 Å². The van der Waals surface area contributed by atoms with Crippen LogP contribution in [0, 0.1) is 13.8 Å². The Balaban J connectivity index is 1.40. The Morgan fingerprint density at radius 3 is 2.24 bits per heavy atom. The molecule has 0 saturated carbocycles. The first kappa shape index (κ1) is 19.0. The van der Waals surface area contributed by atoms with Crippen molar-refractivity contribution in [2.75, 3.05) is 11.9 Å². The number of hydrogen-bond donors (Lipinski definition) is 1. The molecule has 0 spiro atoms. The number of hydrogen-bond acceptors (Lipinski definition) is 5. The highest BCUT2D eigenvalue weighted by Gasteiger charge is 2.35. The maximum Gasteiger partial charge on any atom is 0.261 e. The molecule has 2 heterocycles. The van der Waals surface area contributed by atoms with Gasteiger partial charge in [-0.15, -0.1) is 11.3 Å². The number of rotatable bonds is 5. The first-order valence-corrected chi connectivity index (χ1v) is 10.1. The molecule has 0 unspecified atom stereocenters. The number of thiazole rings is 1. The largest absolute Gasteiger partial charge is 0.302 e. The first-order valence-electron chi connectivity index (χ1n) is 9.23. The molecule has 0 radical (unpaired) electrons. The summed E-state index contributed by atoms with van der Waals surface area (Å²) in [4.78, 5) is 43.8. The fourth-order valence-corrected chi connectivity index (χ4v) is 4.12. The summed E-state index contributed by atoms with van der Waals surface area (Å²) in [6.07, 6.45) is 0.0178. The van der Waals surface area contributed by atoms with Gasteiger partial charge in [-0.2, -0.15) is 0 Å². The van der Waals surface area contributed by atoms with Crippen molar-refractivity contribution >= 4 is 34.2 Å². The van der Waals surface area contributed by atoms with Crippen molar-refractivity contribution in [1.82, 2.24) is 9.88 Å². The van der Waals surface area contributed by atoms with Crippen LogP contribution >= 0.6 is 11.3 Å². The number of aryl methyl sites for hydroxylation is 2. The summed E-state index contributed by atoms with van der Waals surface area (Å²) >= 11 is 1.40. The van der Waals surface area contributed by atoms with Crippen LogP contribution in [0.3, 0.4) is 0 Å². The van der Waals surface area contributed by atoms with Gasteiger partial charge in [0.25, 0.3) is 11.8 Å². The number of anilines is 1. The summed E-state index contributed by atoms with van der Waals surface area (Å²) in [6.45, 7) is 4.02. The lowest BCUT2D eigenvalue weighted by Gasteiger charge is -2.12. The van der Waals surface area contributed by atoms with E-state index < -0.39 is 0 Å². The summed E-state index contributed by atoms with van der Waals surface area (Å²) in [5, 5.41) is 3.28. The predicted octanol–water partition coefficient (Wildman–Crippen LogP) is 4.05. The number of amides is 3. The molecule has 146 valence electrons. The van der Waals surface area contributed by atoms with Crippen LogP contribution in [0.5, 0.6) is 0 Å². The van der Waals surface area contributed by atoms with Crippen LogP contribution in [0.1, 0.15) is 37.6 Å². The van der Waals surface area contributed by atoms with Crippen LogP contribution in [0.2, 0.25) is 0 Å². The monoisotopic (exact) mass is 405 g/mol. The smallest absolute Gasteiger partial charge is 0.261 e. The van der Waals surface area contributed by atoms with Gasteiger partial charge in [-0.05, 0) is 26.0 Å². The van der Waals surface area contributed by atoms with E-state index in [2.05, 4.69) is 10.3 Å². The molecule has 1 aliphatic heterocycles. The molecule has 1 aromatic heterocycles. The minimum atomic E-state index is -0.356. The van der Waals surface area contributed by atoms with E-state index in [1.54, 1.807) is 24.3 Å². The second-order valence-electron chi connectivity index (χ2n) is 6.90. The van der Waals surface area contributed by atoms with E-state index in [9.17, 15) is 14.4 Å². The number of fused-ring (bicyclic) bond motifs is 1. The molecule has 2 aromatic carbocycles. The van der Waals surface area contributed by atoms with Crippen molar-refractivity contribution in [2.45, 2.75) is 20.3 Å². The molecule has 29 heavy (non-hydrogen) atoms. The Kier molecular flexibility index (Phi) is 4.98. The fraction of sp³-hybridized carbons (Fsp3) is 0.182. The average Bonchev–Trinajstić information content (AvgIpc) is 3.19. The maximum atomic E-state index is 12.4. The van der Waals surface area contributed by atoms with Crippen molar-refractivity contribution in [2.24, 2.45) is 0 Å². The van der Waals surface area contributed by atoms with Crippen molar-refractivity contribution in [1.29, 1.82) is 0 Å². The zero-order valence-corrected chi connectivity index (χ0v) is 16.9. The summed E-state index contributed by atoms with van der Waals surface area (Å²) in [6, 6.07) is 14.7. The molecule has 0 bridgehead atoms. The average molecular weight is 405 g/mol. The second-order valence-corrected chi connectivity index (χ2v) is 8.10. The Hall–Kier alpha value is -3.32. The van der Waals surface area contributed by atoms with Crippen LogP contribution in [0.25, 0.3) is 11.3 Å². The second kappa shape index (κ2) is 7.60. The minimum absolute atomic E-state index is 0.0178. The lowest BCUT2D eigenvalue weighted by molar-refractivity contribution is -0.116. The molecule has 0 fully saturated rings. The van der Waals surface area contributed by atoms with Crippen molar-refractivity contribution < 1.29 is 14.4 Å². The lowest BCUT2D eigenvalue weighted by Crippen LogP contribution is -2.32. The maximum absolute atomic E-state index is 12.4. The van der Waals surface area contributed by atoms with Crippen molar-refractivity contribution in [3.63, 3.8) is 0 Å². The molecule has 0 saturated heterocycles. The fourth-order valence-electron chi connectivity index (χ4n) is 3.27. The molecule has 7 heteroatoms. The van der Waals surface area contributed by atoms with Gasteiger partial charge in [0.1, 0.15) is 0 Å². The highest BCUT2D eigenvalue weighted by Crippen LogP contribution is 2.30. The standard InChI is InChI=1S/C22H19N3O3S/c1-13-7-9-15(10-8-13)19-14(2)29-22(24-19)23-18(26)11-12-25-20(27)16-5-3-4-6-17(16)21(25)28/h3-10H,11-12H2,1-2H3,(H,23,24,26). The summed E-state index contributed by atoms with van der Waals surface area (Å²) in [7, 11) is 0. The van der Waals surface area contributed by atoms with E-state index in [4.69, 9.17) is 0 Å². The Labute approximate surface area is 172 Å². The molecule has 3 amide bonds. The van der Waals surface area contributed by atoms with Crippen molar-refractivity contribution in [3.05, 3.63) is 70.1 Å². The van der Waals surface area contributed by atoms with Gasteiger partial charge in [-0.1, -0.05) is 42.0 Å². The third kappa shape index (κ3) is 3.69. The molecule has 1 aliphatic rings.